The predicted molar refractivity (Wildman–Crippen MR) is 58.6 cm³/mol. The topological polar surface area (TPSA) is 23.5 Å². The molecule has 100 valence electrons. The van der Waals surface area contributed by atoms with E-state index in [0.29, 0.717) is 6.54 Å². The fourth-order valence-electron chi connectivity index (χ4n) is 3.35. The molecule has 1 saturated heterocycles. The van der Waals surface area contributed by atoms with Crippen LogP contribution in [-0.4, -0.2) is 41.4 Å². The molecular formula is C12H20F3NO. The molecule has 0 aromatic carbocycles. The van der Waals surface area contributed by atoms with E-state index in [2.05, 4.69) is 0 Å². The summed E-state index contributed by atoms with van der Waals surface area (Å²) in [5.41, 5.74) is 0. The first-order valence-corrected chi connectivity index (χ1v) is 6.46. The number of piperidine rings is 1. The van der Waals surface area contributed by atoms with Crippen molar-refractivity contribution in [3.05, 3.63) is 0 Å². The number of hydrogen-bond acceptors (Lipinski definition) is 2. The average Bonchev–Trinajstić information content (AvgIpc) is 2.63. The van der Waals surface area contributed by atoms with Crippen molar-refractivity contribution in [2.24, 2.45) is 5.92 Å². The standard InChI is InChI=1S/C12H20F3NO/c13-12(14,15)8-16-7-2-1-5-10(16)9-4-3-6-11(9)17/h9-11,17H,1-8H2. The number of likely N-dealkylation sites (tertiary alicyclic amines) is 1. The normalized spacial score (nSPS) is 36.4. The van der Waals surface area contributed by atoms with Crippen molar-refractivity contribution in [2.75, 3.05) is 13.1 Å². The van der Waals surface area contributed by atoms with Crippen molar-refractivity contribution in [1.29, 1.82) is 0 Å². The zero-order valence-electron chi connectivity index (χ0n) is 9.92. The Labute approximate surface area is 99.8 Å². The number of rotatable bonds is 2. The van der Waals surface area contributed by atoms with E-state index in [0.717, 1.165) is 38.5 Å². The van der Waals surface area contributed by atoms with Gasteiger partial charge in [0.05, 0.1) is 12.6 Å². The molecule has 2 fully saturated rings. The Morgan fingerprint density at radius 1 is 1.06 bits per heavy atom. The molecule has 2 nitrogen and oxygen atoms in total. The maximum atomic E-state index is 12.5. The van der Waals surface area contributed by atoms with Crippen molar-refractivity contribution >= 4 is 0 Å². The fourth-order valence-corrected chi connectivity index (χ4v) is 3.35. The van der Waals surface area contributed by atoms with Gasteiger partial charge in [0.25, 0.3) is 0 Å². The lowest BCUT2D eigenvalue weighted by atomic mass is 9.88. The van der Waals surface area contributed by atoms with Crippen LogP contribution < -0.4 is 0 Å². The van der Waals surface area contributed by atoms with Crippen LogP contribution in [-0.2, 0) is 0 Å². The molecular weight excluding hydrogens is 231 g/mol. The summed E-state index contributed by atoms with van der Waals surface area (Å²) in [5, 5.41) is 9.85. The van der Waals surface area contributed by atoms with Crippen LogP contribution in [0.15, 0.2) is 0 Å². The molecule has 1 aliphatic carbocycles. The second-order valence-electron chi connectivity index (χ2n) is 5.31. The Balaban J connectivity index is 2.01. The van der Waals surface area contributed by atoms with Gasteiger partial charge in [-0.3, -0.25) is 4.90 Å². The SMILES string of the molecule is OC1CCCC1C1CCCCN1CC(F)(F)F. The summed E-state index contributed by atoms with van der Waals surface area (Å²) in [6.07, 6.45) is 0.687. The van der Waals surface area contributed by atoms with Crippen LogP contribution in [0.2, 0.25) is 0 Å². The van der Waals surface area contributed by atoms with E-state index in [1.807, 2.05) is 0 Å². The molecule has 1 saturated carbocycles. The lowest BCUT2D eigenvalue weighted by molar-refractivity contribution is -0.158. The molecule has 5 heteroatoms. The van der Waals surface area contributed by atoms with Gasteiger partial charge in [0.15, 0.2) is 0 Å². The number of hydrogen-bond donors (Lipinski definition) is 1. The van der Waals surface area contributed by atoms with E-state index in [9.17, 15) is 18.3 Å². The molecule has 0 aromatic heterocycles. The maximum absolute atomic E-state index is 12.5. The van der Waals surface area contributed by atoms with Crippen LogP contribution in [0.3, 0.4) is 0 Å². The fraction of sp³-hybridized carbons (Fsp3) is 1.00. The molecule has 0 amide bonds. The first kappa shape index (κ1) is 13.1. The highest BCUT2D eigenvalue weighted by Gasteiger charge is 2.41. The average molecular weight is 251 g/mol. The van der Waals surface area contributed by atoms with Gasteiger partial charge in [0.1, 0.15) is 0 Å². The quantitative estimate of drug-likeness (QED) is 0.815. The monoisotopic (exact) mass is 251 g/mol. The first-order valence-electron chi connectivity index (χ1n) is 6.46. The molecule has 17 heavy (non-hydrogen) atoms. The molecule has 0 radical (unpaired) electrons. The molecule has 2 rings (SSSR count). The number of aliphatic hydroxyl groups is 1. The second-order valence-corrected chi connectivity index (χ2v) is 5.31. The molecule has 3 atom stereocenters. The Bertz CT molecular complexity index is 257. The van der Waals surface area contributed by atoms with Gasteiger partial charge in [-0.25, -0.2) is 0 Å². The number of halogens is 3. The van der Waals surface area contributed by atoms with E-state index in [4.69, 9.17) is 0 Å². The minimum atomic E-state index is -4.13. The van der Waals surface area contributed by atoms with Gasteiger partial charge in [-0.15, -0.1) is 0 Å². The van der Waals surface area contributed by atoms with Crippen LogP contribution >= 0.6 is 0 Å². The third kappa shape index (κ3) is 3.35. The van der Waals surface area contributed by atoms with Gasteiger partial charge in [-0.05, 0) is 32.2 Å². The lowest BCUT2D eigenvalue weighted by Gasteiger charge is -2.40. The van der Waals surface area contributed by atoms with Gasteiger partial charge in [-0.2, -0.15) is 13.2 Å². The maximum Gasteiger partial charge on any atom is 0.401 e. The number of alkyl halides is 3. The van der Waals surface area contributed by atoms with E-state index < -0.39 is 18.8 Å². The van der Waals surface area contributed by atoms with Gasteiger partial charge >= 0.3 is 6.18 Å². The predicted octanol–water partition coefficient (Wildman–Crippen LogP) is 2.56. The third-order valence-corrected chi connectivity index (χ3v) is 4.07. The van der Waals surface area contributed by atoms with Gasteiger partial charge < -0.3 is 5.11 Å². The van der Waals surface area contributed by atoms with Crippen LogP contribution in [0.25, 0.3) is 0 Å². The van der Waals surface area contributed by atoms with Crippen molar-refractivity contribution in [3.8, 4) is 0 Å². The summed E-state index contributed by atoms with van der Waals surface area (Å²) < 4.78 is 37.5. The smallest absolute Gasteiger partial charge is 0.393 e. The van der Waals surface area contributed by atoms with E-state index in [1.54, 1.807) is 4.90 Å². The van der Waals surface area contributed by atoms with Crippen molar-refractivity contribution in [3.63, 3.8) is 0 Å². The Hall–Kier alpha value is -0.290. The molecule has 0 aromatic rings. The minimum absolute atomic E-state index is 0.0534. The zero-order chi connectivity index (χ0) is 12.5. The van der Waals surface area contributed by atoms with E-state index in [-0.39, 0.29) is 12.0 Å². The minimum Gasteiger partial charge on any atom is -0.393 e. The third-order valence-electron chi connectivity index (χ3n) is 4.07. The summed E-state index contributed by atoms with van der Waals surface area (Å²) in [4.78, 5) is 1.54. The van der Waals surface area contributed by atoms with Gasteiger partial charge in [0, 0.05) is 12.0 Å². The molecule has 2 aliphatic rings. The summed E-state index contributed by atoms with van der Waals surface area (Å²) in [7, 11) is 0. The zero-order valence-corrected chi connectivity index (χ0v) is 9.92. The highest BCUT2D eigenvalue weighted by atomic mass is 19.4. The van der Waals surface area contributed by atoms with Gasteiger partial charge in [-0.1, -0.05) is 12.8 Å². The summed E-state index contributed by atoms with van der Waals surface area (Å²) in [6.45, 7) is -0.297. The van der Waals surface area contributed by atoms with Crippen molar-refractivity contribution in [1.82, 2.24) is 4.90 Å². The summed E-state index contributed by atoms with van der Waals surface area (Å²) in [5.74, 6) is 0.0534. The lowest BCUT2D eigenvalue weighted by Crippen LogP contribution is -2.49. The van der Waals surface area contributed by atoms with Crippen LogP contribution in [0.5, 0.6) is 0 Å². The largest absolute Gasteiger partial charge is 0.401 e. The van der Waals surface area contributed by atoms with Gasteiger partial charge in [0.2, 0.25) is 0 Å². The van der Waals surface area contributed by atoms with Crippen LogP contribution in [0.4, 0.5) is 13.2 Å². The first-order chi connectivity index (χ1) is 7.97. The molecule has 3 unspecified atom stereocenters. The van der Waals surface area contributed by atoms with E-state index in [1.165, 1.54) is 0 Å². The highest BCUT2D eigenvalue weighted by molar-refractivity contribution is 4.90. The molecule has 1 aliphatic heterocycles. The second kappa shape index (κ2) is 5.14. The van der Waals surface area contributed by atoms with Crippen molar-refractivity contribution in [2.45, 2.75) is 56.8 Å². The Morgan fingerprint density at radius 3 is 2.41 bits per heavy atom. The molecule has 0 spiro atoms. The molecule has 1 N–H and O–H groups in total. The van der Waals surface area contributed by atoms with Crippen molar-refractivity contribution < 1.29 is 18.3 Å². The Morgan fingerprint density at radius 2 is 1.82 bits per heavy atom. The Kier molecular flexibility index (Phi) is 3.98. The van der Waals surface area contributed by atoms with Crippen LogP contribution in [0.1, 0.15) is 38.5 Å². The van der Waals surface area contributed by atoms with E-state index >= 15 is 0 Å². The number of nitrogens with zero attached hydrogens (tertiary/aromatic N) is 1. The summed E-state index contributed by atoms with van der Waals surface area (Å²) >= 11 is 0. The summed E-state index contributed by atoms with van der Waals surface area (Å²) in [6, 6.07) is -0.0668. The molecule has 1 heterocycles. The van der Waals surface area contributed by atoms with Crippen LogP contribution in [0, 0.1) is 5.92 Å². The number of aliphatic hydroxyl groups excluding tert-OH is 1. The molecule has 0 bridgehead atoms. The highest BCUT2D eigenvalue weighted by Crippen LogP contribution is 2.36.